The molecular weight excluding hydrogens is 384 g/mol. The molecule has 158 valence electrons. The van der Waals surface area contributed by atoms with E-state index in [0.29, 0.717) is 23.3 Å². The van der Waals surface area contributed by atoms with Gasteiger partial charge in [0, 0.05) is 5.56 Å². The monoisotopic (exact) mass is 410 g/mol. The van der Waals surface area contributed by atoms with Crippen LogP contribution in [0, 0.1) is 0 Å². The predicted octanol–water partition coefficient (Wildman–Crippen LogP) is 4.41. The van der Waals surface area contributed by atoms with Crippen LogP contribution in [0.15, 0.2) is 48.0 Å². The van der Waals surface area contributed by atoms with Crippen LogP contribution >= 0.6 is 0 Å². The minimum absolute atomic E-state index is 0.0483. The largest absolute Gasteiger partial charge is 0.507 e. The third kappa shape index (κ3) is 5.08. The second-order valence-corrected chi connectivity index (χ2v) is 6.76. The number of benzene rings is 2. The first-order valence-corrected chi connectivity index (χ1v) is 9.33. The lowest BCUT2D eigenvalue weighted by Gasteiger charge is -2.16. The fourth-order valence-corrected chi connectivity index (χ4v) is 2.96. The molecule has 0 spiro atoms. The Bertz CT molecular complexity index is 983. The Morgan fingerprint density at radius 3 is 2.23 bits per heavy atom. The summed E-state index contributed by atoms with van der Waals surface area (Å²) in [7, 11) is 3.99. The number of phenols is 1. The molecule has 6 heteroatoms. The van der Waals surface area contributed by atoms with Crippen molar-refractivity contribution in [3.05, 3.63) is 70.3 Å². The highest BCUT2D eigenvalue weighted by Crippen LogP contribution is 2.37. The van der Waals surface area contributed by atoms with Crippen LogP contribution in [-0.4, -0.2) is 38.4 Å². The summed E-state index contributed by atoms with van der Waals surface area (Å²) >= 11 is 0. The molecule has 0 bridgehead atoms. The fourth-order valence-electron chi connectivity index (χ4n) is 2.96. The van der Waals surface area contributed by atoms with Crippen LogP contribution in [0.3, 0.4) is 0 Å². The average molecular weight is 410 g/mol. The molecule has 30 heavy (non-hydrogen) atoms. The highest BCUT2D eigenvalue weighted by molar-refractivity contribution is 6.22. The van der Waals surface area contributed by atoms with E-state index in [1.807, 2.05) is 26.0 Å². The number of esters is 2. The van der Waals surface area contributed by atoms with E-state index in [1.165, 1.54) is 27.4 Å². The van der Waals surface area contributed by atoms with Gasteiger partial charge >= 0.3 is 11.9 Å². The van der Waals surface area contributed by atoms with Gasteiger partial charge in [-0.15, -0.1) is 0 Å². The lowest BCUT2D eigenvalue weighted by molar-refractivity contribution is -0.133. The molecular formula is C24H26O6. The molecule has 6 nitrogen and oxygen atoms in total. The lowest BCUT2D eigenvalue weighted by atomic mass is 9.95. The first-order chi connectivity index (χ1) is 14.3. The molecule has 0 saturated heterocycles. The molecule has 0 saturated carbocycles. The molecule has 0 radical (unpaired) electrons. The molecule has 0 fully saturated rings. The summed E-state index contributed by atoms with van der Waals surface area (Å²) in [5.74, 6) is -1.16. The van der Waals surface area contributed by atoms with Gasteiger partial charge in [-0.2, -0.15) is 0 Å². The molecule has 2 aromatic rings. The van der Waals surface area contributed by atoms with E-state index in [0.717, 1.165) is 5.57 Å². The molecule has 0 unspecified atom stereocenters. The Morgan fingerprint density at radius 1 is 1.03 bits per heavy atom. The summed E-state index contributed by atoms with van der Waals surface area (Å²) in [5, 5.41) is 10.9. The molecule has 0 aliphatic carbocycles. The van der Waals surface area contributed by atoms with Gasteiger partial charge < -0.3 is 19.3 Å². The maximum absolute atomic E-state index is 12.5. The SMILES string of the molecule is COC(=O)C(=Cc1cc(OC)c(CC=C(C)C)c(O)c1C(=O)OC)c1ccccc1. The lowest BCUT2D eigenvalue weighted by Crippen LogP contribution is -2.09. The topological polar surface area (TPSA) is 82.1 Å². The zero-order valence-electron chi connectivity index (χ0n) is 17.8. The standard InChI is InChI=1S/C24H26O6/c1-15(2)11-12-18-20(28-3)14-17(21(22(18)25)24(27)30-5)13-19(23(26)29-4)16-9-7-6-8-10-16/h6-11,13-14,25H,12H2,1-5H3. The van der Waals surface area contributed by atoms with Gasteiger partial charge in [0.1, 0.15) is 17.1 Å². The number of rotatable bonds is 7. The van der Waals surface area contributed by atoms with E-state index in [4.69, 9.17) is 14.2 Å². The smallest absolute Gasteiger partial charge is 0.342 e. The number of hydrogen-bond donors (Lipinski definition) is 1. The third-order valence-corrected chi connectivity index (χ3v) is 4.51. The summed E-state index contributed by atoms with van der Waals surface area (Å²) in [6.07, 6.45) is 3.77. The Labute approximate surface area is 176 Å². The molecule has 0 atom stereocenters. The maximum atomic E-state index is 12.5. The van der Waals surface area contributed by atoms with E-state index >= 15 is 0 Å². The van der Waals surface area contributed by atoms with Crippen LogP contribution in [0.1, 0.15) is 40.9 Å². The number of hydrogen-bond acceptors (Lipinski definition) is 6. The van der Waals surface area contributed by atoms with Gasteiger partial charge in [0.05, 0.1) is 26.9 Å². The van der Waals surface area contributed by atoms with Crippen molar-refractivity contribution in [1.29, 1.82) is 0 Å². The van der Waals surface area contributed by atoms with E-state index in [-0.39, 0.29) is 22.4 Å². The van der Waals surface area contributed by atoms with Crippen molar-refractivity contribution < 1.29 is 28.9 Å². The van der Waals surface area contributed by atoms with Crippen molar-refractivity contribution in [2.24, 2.45) is 0 Å². The van der Waals surface area contributed by atoms with E-state index in [2.05, 4.69) is 0 Å². The zero-order valence-corrected chi connectivity index (χ0v) is 17.8. The molecule has 0 aliphatic heterocycles. The summed E-state index contributed by atoms with van der Waals surface area (Å²) in [6.45, 7) is 3.87. The predicted molar refractivity (Wildman–Crippen MR) is 115 cm³/mol. The molecule has 2 rings (SSSR count). The quantitative estimate of drug-likeness (QED) is 0.315. The van der Waals surface area contributed by atoms with Gasteiger partial charge in [-0.3, -0.25) is 0 Å². The van der Waals surface area contributed by atoms with Crippen LogP contribution < -0.4 is 4.74 Å². The minimum Gasteiger partial charge on any atom is -0.507 e. The van der Waals surface area contributed by atoms with E-state index < -0.39 is 11.9 Å². The maximum Gasteiger partial charge on any atom is 0.342 e. The average Bonchev–Trinajstić information content (AvgIpc) is 2.75. The number of ether oxygens (including phenoxy) is 3. The van der Waals surface area contributed by atoms with Gasteiger partial charge in [0.25, 0.3) is 0 Å². The molecule has 2 aromatic carbocycles. The van der Waals surface area contributed by atoms with Gasteiger partial charge in [-0.1, -0.05) is 42.0 Å². The minimum atomic E-state index is -0.725. The van der Waals surface area contributed by atoms with Crippen LogP contribution in [0.2, 0.25) is 0 Å². The Hall–Kier alpha value is -3.54. The molecule has 1 N–H and O–H groups in total. The summed E-state index contributed by atoms with van der Waals surface area (Å²) in [4.78, 5) is 25.0. The molecule has 0 aliphatic rings. The number of aromatic hydroxyl groups is 1. The third-order valence-electron chi connectivity index (χ3n) is 4.51. The van der Waals surface area contributed by atoms with Crippen molar-refractivity contribution in [2.75, 3.05) is 21.3 Å². The van der Waals surface area contributed by atoms with Crippen LogP contribution in [0.4, 0.5) is 0 Å². The normalized spacial score (nSPS) is 10.9. The van der Waals surface area contributed by atoms with Crippen molar-refractivity contribution in [3.63, 3.8) is 0 Å². The van der Waals surface area contributed by atoms with Gasteiger partial charge in [0.15, 0.2) is 0 Å². The second-order valence-electron chi connectivity index (χ2n) is 6.76. The highest BCUT2D eigenvalue weighted by atomic mass is 16.5. The number of carbonyl (C=O) groups excluding carboxylic acids is 2. The Kier molecular flexibility index (Phi) is 7.81. The summed E-state index contributed by atoms with van der Waals surface area (Å²) in [6, 6.07) is 10.5. The van der Waals surface area contributed by atoms with Crippen molar-refractivity contribution in [1.82, 2.24) is 0 Å². The fraction of sp³-hybridized carbons (Fsp3) is 0.250. The number of methoxy groups -OCH3 is 3. The number of allylic oxidation sites excluding steroid dienone is 2. The van der Waals surface area contributed by atoms with Gasteiger partial charge in [-0.05, 0) is 43.5 Å². The second kappa shape index (κ2) is 10.3. The van der Waals surface area contributed by atoms with Crippen LogP contribution in [-0.2, 0) is 20.7 Å². The van der Waals surface area contributed by atoms with Gasteiger partial charge in [0.2, 0.25) is 0 Å². The van der Waals surface area contributed by atoms with Crippen LogP contribution in [0.25, 0.3) is 11.6 Å². The summed E-state index contributed by atoms with van der Waals surface area (Å²) in [5.41, 5.74) is 2.57. The van der Waals surface area contributed by atoms with Gasteiger partial charge in [-0.25, -0.2) is 9.59 Å². The first kappa shape index (κ1) is 22.7. The highest BCUT2D eigenvalue weighted by Gasteiger charge is 2.24. The molecule has 0 aromatic heterocycles. The molecule has 0 heterocycles. The zero-order chi connectivity index (χ0) is 22.3. The Balaban J connectivity index is 2.80. The van der Waals surface area contributed by atoms with Crippen molar-refractivity contribution in [3.8, 4) is 11.5 Å². The Morgan fingerprint density at radius 2 is 1.70 bits per heavy atom. The van der Waals surface area contributed by atoms with E-state index in [9.17, 15) is 14.7 Å². The number of phenolic OH excluding ortho intramolecular Hbond substituents is 1. The summed E-state index contributed by atoms with van der Waals surface area (Å²) < 4.78 is 15.3. The molecule has 0 amide bonds. The first-order valence-electron chi connectivity index (χ1n) is 9.33. The van der Waals surface area contributed by atoms with Crippen molar-refractivity contribution in [2.45, 2.75) is 20.3 Å². The van der Waals surface area contributed by atoms with Crippen LogP contribution in [0.5, 0.6) is 11.5 Å². The number of carbonyl (C=O) groups is 2. The van der Waals surface area contributed by atoms with Crippen molar-refractivity contribution >= 4 is 23.6 Å². The van der Waals surface area contributed by atoms with E-state index in [1.54, 1.807) is 30.3 Å².